The van der Waals surface area contributed by atoms with Crippen LogP contribution in [0.2, 0.25) is 0 Å². The summed E-state index contributed by atoms with van der Waals surface area (Å²) in [7, 11) is 0. The fourth-order valence-electron chi connectivity index (χ4n) is 1.94. The van der Waals surface area contributed by atoms with Gasteiger partial charge < -0.3 is 5.32 Å². The molecule has 1 atom stereocenters. The van der Waals surface area contributed by atoms with Gasteiger partial charge in [0, 0.05) is 6.04 Å². The Bertz CT molecular complexity index is 723. The summed E-state index contributed by atoms with van der Waals surface area (Å²) < 4.78 is 27.8. The Balaban J connectivity index is 2.27. The Labute approximate surface area is 130 Å². The lowest BCUT2D eigenvalue weighted by Gasteiger charge is -2.17. The van der Waals surface area contributed by atoms with Crippen molar-refractivity contribution in [3.63, 3.8) is 0 Å². The molecule has 2 aromatic rings. The van der Waals surface area contributed by atoms with Crippen molar-refractivity contribution in [1.82, 2.24) is 0 Å². The van der Waals surface area contributed by atoms with Gasteiger partial charge in [0.25, 0.3) is 0 Å². The maximum Gasteiger partial charge on any atom is 0.161 e. The summed E-state index contributed by atoms with van der Waals surface area (Å²) >= 11 is 3.06. The molecule has 5 heteroatoms. The monoisotopic (exact) mass is 350 g/mol. The van der Waals surface area contributed by atoms with E-state index < -0.39 is 5.82 Å². The molecule has 0 aromatic heterocycles. The third-order valence-electron chi connectivity index (χ3n) is 3.27. The van der Waals surface area contributed by atoms with E-state index in [2.05, 4.69) is 21.2 Å². The van der Waals surface area contributed by atoms with E-state index in [1.165, 1.54) is 18.2 Å². The number of halogens is 3. The molecule has 21 heavy (non-hydrogen) atoms. The van der Waals surface area contributed by atoms with Crippen LogP contribution in [-0.2, 0) is 0 Å². The maximum atomic E-state index is 14.1. The largest absolute Gasteiger partial charge is 0.376 e. The molecule has 0 heterocycles. The molecule has 1 unspecified atom stereocenters. The lowest BCUT2D eigenvalue weighted by molar-refractivity contribution is 0.612. The highest BCUT2D eigenvalue weighted by atomic mass is 79.9. The molecular weight excluding hydrogens is 338 g/mol. The zero-order chi connectivity index (χ0) is 15.6. The van der Waals surface area contributed by atoms with Crippen molar-refractivity contribution in [2.45, 2.75) is 19.9 Å². The standard InChI is InChI=1S/C16H13BrF2N2/c1-9-3-4-11(7-13(9)18)10(2)21-14-6-5-12(8-20)15(17)16(14)19/h3-7,10,21H,1-2H3. The van der Waals surface area contributed by atoms with Crippen molar-refractivity contribution >= 4 is 21.6 Å². The molecule has 0 radical (unpaired) electrons. The van der Waals surface area contributed by atoms with Gasteiger partial charge in [-0.25, -0.2) is 8.78 Å². The first kappa shape index (κ1) is 15.5. The quantitative estimate of drug-likeness (QED) is 0.837. The second kappa shape index (κ2) is 6.23. The molecule has 0 fully saturated rings. The van der Waals surface area contributed by atoms with Crippen molar-refractivity contribution in [2.75, 3.05) is 5.32 Å². The van der Waals surface area contributed by atoms with Gasteiger partial charge in [-0.15, -0.1) is 0 Å². The van der Waals surface area contributed by atoms with Gasteiger partial charge in [-0.2, -0.15) is 5.26 Å². The molecule has 0 saturated heterocycles. The predicted octanol–water partition coefficient (Wildman–Crippen LogP) is 5.08. The van der Waals surface area contributed by atoms with Crippen LogP contribution < -0.4 is 5.32 Å². The number of benzene rings is 2. The Kier molecular flexibility index (Phi) is 4.59. The van der Waals surface area contributed by atoms with Crippen LogP contribution in [0.1, 0.15) is 29.7 Å². The van der Waals surface area contributed by atoms with Crippen LogP contribution in [0.4, 0.5) is 14.5 Å². The Morgan fingerprint density at radius 1 is 1.24 bits per heavy atom. The van der Waals surface area contributed by atoms with Gasteiger partial charge in [0.1, 0.15) is 11.9 Å². The minimum atomic E-state index is -0.534. The van der Waals surface area contributed by atoms with Crippen LogP contribution in [0, 0.1) is 29.9 Å². The highest BCUT2D eigenvalue weighted by molar-refractivity contribution is 9.10. The van der Waals surface area contributed by atoms with Crippen molar-refractivity contribution < 1.29 is 8.78 Å². The number of aryl methyl sites for hydroxylation is 1. The minimum Gasteiger partial charge on any atom is -0.376 e. The van der Waals surface area contributed by atoms with Gasteiger partial charge in [0.2, 0.25) is 0 Å². The summed E-state index contributed by atoms with van der Waals surface area (Å²) in [6.07, 6.45) is 0. The molecule has 0 aliphatic rings. The average molecular weight is 351 g/mol. The summed E-state index contributed by atoms with van der Waals surface area (Å²) in [5.74, 6) is -0.823. The van der Waals surface area contributed by atoms with Crippen molar-refractivity contribution in [3.05, 3.63) is 63.1 Å². The van der Waals surface area contributed by atoms with E-state index in [4.69, 9.17) is 5.26 Å². The highest BCUT2D eigenvalue weighted by Crippen LogP contribution is 2.29. The Hall–Kier alpha value is -1.93. The zero-order valence-corrected chi connectivity index (χ0v) is 13.1. The van der Waals surface area contributed by atoms with Gasteiger partial charge in [-0.05, 0) is 59.1 Å². The van der Waals surface area contributed by atoms with Crippen LogP contribution in [0.15, 0.2) is 34.8 Å². The van der Waals surface area contributed by atoms with Gasteiger partial charge in [-0.3, -0.25) is 0 Å². The topological polar surface area (TPSA) is 35.8 Å². The third-order valence-corrected chi connectivity index (χ3v) is 4.05. The third kappa shape index (κ3) is 3.22. The van der Waals surface area contributed by atoms with Gasteiger partial charge >= 0.3 is 0 Å². The van der Waals surface area contributed by atoms with Crippen molar-refractivity contribution in [1.29, 1.82) is 5.26 Å². The first-order valence-corrected chi connectivity index (χ1v) is 7.14. The molecule has 108 valence electrons. The van der Waals surface area contributed by atoms with Gasteiger partial charge in [-0.1, -0.05) is 12.1 Å². The first-order valence-electron chi connectivity index (χ1n) is 6.34. The number of hydrogen-bond acceptors (Lipinski definition) is 2. The van der Waals surface area contributed by atoms with E-state index in [0.717, 1.165) is 5.56 Å². The number of hydrogen-bond donors (Lipinski definition) is 1. The molecule has 2 rings (SSSR count). The van der Waals surface area contributed by atoms with E-state index in [-0.39, 0.29) is 27.6 Å². The number of nitriles is 1. The average Bonchev–Trinajstić information content (AvgIpc) is 2.47. The first-order chi connectivity index (χ1) is 9.93. The zero-order valence-electron chi connectivity index (χ0n) is 11.5. The molecule has 0 aliphatic heterocycles. The van der Waals surface area contributed by atoms with E-state index in [1.807, 2.05) is 13.0 Å². The van der Waals surface area contributed by atoms with Crippen molar-refractivity contribution in [2.24, 2.45) is 0 Å². The molecule has 1 N–H and O–H groups in total. The predicted molar refractivity (Wildman–Crippen MR) is 82.0 cm³/mol. The van der Waals surface area contributed by atoms with Crippen LogP contribution in [0.25, 0.3) is 0 Å². The molecule has 2 aromatic carbocycles. The fourth-order valence-corrected chi connectivity index (χ4v) is 2.38. The maximum absolute atomic E-state index is 14.1. The summed E-state index contributed by atoms with van der Waals surface area (Å²) in [5.41, 5.74) is 1.78. The summed E-state index contributed by atoms with van der Waals surface area (Å²) in [4.78, 5) is 0. The van der Waals surface area contributed by atoms with E-state index >= 15 is 0 Å². The van der Waals surface area contributed by atoms with Crippen LogP contribution in [-0.4, -0.2) is 0 Å². The second-order valence-electron chi connectivity index (χ2n) is 4.78. The molecule has 0 amide bonds. The lowest BCUT2D eigenvalue weighted by atomic mass is 10.1. The molecule has 0 aliphatic carbocycles. The Morgan fingerprint density at radius 2 is 1.95 bits per heavy atom. The molecular formula is C16H13BrF2N2. The molecule has 2 nitrogen and oxygen atoms in total. The van der Waals surface area contributed by atoms with Crippen LogP contribution in [0.5, 0.6) is 0 Å². The second-order valence-corrected chi connectivity index (χ2v) is 5.57. The van der Waals surface area contributed by atoms with E-state index in [0.29, 0.717) is 5.56 Å². The lowest BCUT2D eigenvalue weighted by Crippen LogP contribution is -2.09. The molecule has 0 spiro atoms. The van der Waals surface area contributed by atoms with Crippen molar-refractivity contribution in [3.8, 4) is 6.07 Å². The SMILES string of the molecule is Cc1ccc(C(C)Nc2ccc(C#N)c(Br)c2F)cc1F. The molecule has 0 saturated carbocycles. The number of anilines is 1. The summed E-state index contributed by atoms with van der Waals surface area (Å²) in [6.45, 7) is 3.50. The van der Waals surface area contributed by atoms with Crippen LogP contribution >= 0.6 is 15.9 Å². The van der Waals surface area contributed by atoms with Gasteiger partial charge in [0.15, 0.2) is 5.82 Å². The minimum absolute atomic E-state index is 0.122. The fraction of sp³-hybridized carbons (Fsp3) is 0.188. The normalized spacial score (nSPS) is 11.8. The molecule has 0 bridgehead atoms. The summed E-state index contributed by atoms with van der Waals surface area (Å²) in [6, 6.07) is 9.57. The van der Waals surface area contributed by atoms with Gasteiger partial charge in [0.05, 0.1) is 15.7 Å². The summed E-state index contributed by atoms with van der Waals surface area (Å²) in [5, 5.41) is 11.8. The number of nitrogens with one attached hydrogen (secondary N) is 1. The van der Waals surface area contributed by atoms with E-state index in [1.54, 1.807) is 19.1 Å². The smallest absolute Gasteiger partial charge is 0.161 e. The number of rotatable bonds is 3. The van der Waals surface area contributed by atoms with E-state index in [9.17, 15) is 8.78 Å². The highest BCUT2D eigenvalue weighted by Gasteiger charge is 2.14. The Morgan fingerprint density at radius 3 is 2.57 bits per heavy atom. The van der Waals surface area contributed by atoms with Crippen LogP contribution in [0.3, 0.4) is 0 Å². The number of nitrogens with zero attached hydrogens (tertiary/aromatic N) is 1.